The first-order valence-electron chi connectivity index (χ1n) is 4.87. The van der Waals surface area contributed by atoms with E-state index in [0.717, 1.165) is 0 Å². The summed E-state index contributed by atoms with van der Waals surface area (Å²) in [4.78, 5) is 16.6. The van der Waals surface area contributed by atoms with Crippen molar-refractivity contribution in [3.8, 4) is 11.5 Å². The van der Waals surface area contributed by atoms with Crippen LogP contribution in [0.1, 0.15) is 17.3 Å². The van der Waals surface area contributed by atoms with Crippen LogP contribution in [0.15, 0.2) is 18.2 Å². The maximum absolute atomic E-state index is 11.8. The number of hydroxylamine groups is 1. The molecule has 0 atom stereocenters. The zero-order chi connectivity index (χ0) is 12.0. The Morgan fingerprint density at radius 2 is 1.81 bits per heavy atom. The van der Waals surface area contributed by atoms with Gasteiger partial charge in [-0.05, 0) is 19.1 Å². The third kappa shape index (κ3) is 2.64. The van der Waals surface area contributed by atoms with Crippen LogP contribution in [-0.2, 0) is 4.84 Å². The summed E-state index contributed by atoms with van der Waals surface area (Å²) in [6.07, 6.45) is 0. The molecule has 88 valence electrons. The van der Waals surface area contributed by atoms with E-state index in [1.54, 1.807) is 25.1 Å². The van der Waals surface area contributed by atoms with Crippen molar-refractivity contribution in [3.05, 3.63) is 23.8 Å². The normalized spacial score (nSPS) is 9.69. The molecule has 1 N–H and O–H groups in total. The highest BCUT2D eigenvalue weighted by molar-refractivity contribution is 5.99. The molecule has 1 aromatic carbocycles. The number of benzene rings is 1. The molecule has 0 radical (unpaired) electrons. The lowest BCUT2D eigenvalue weighted by Crippen LogP contribution is -2.24. The number of amides is 1. The van der Waals surface area contributed by atoms with Crippen molar-refractivity contribution in [3.63, 3.8) is 0 Å². The minimum absolute atomic E-state index is 0.320. The summed E-state index contributed by atoms with van der Waals surface area (Å²) < 4.78 is 10.2. The molecule has 5 heteroatoms. The first-order valence-corrected chi connectivity index (χ1v) is 4.87. The number of nitrogens with one attached hydrogen (secondary N) is 1. The third-order valence-electron chi connectivity index (χ3n) is 1.96. The lowest BCUT2D eigenvalue weighted by Gasteiger charge is -2.12. The molecule has 0 aliphatic rings. The third-order valence-corrected chi connectivity index (χ3v) is 1.96. The molecule has 0 spiro atoms. The molecular formula is C11H15NO4. The summed E-state index contributed by atoms with van der Waals surface area (Å²) in [6, 6.07) is 5.11. The van der Waals surface area contributed by atoms with Crippen LogP contribution in [0.4, 0.5) is 0 Å². The van der Waals surface area contributed by atoms with Gasteiger partial charge in [-0.3, -0.25) is 9.63 Å². The van der Waals surface area contributed by atoms with Crippen molar-refractivity contribution < 1.29 is 19.1 Å². The SMILES string of the molecule is CCONC(=O)c1c(OC)cccc1OC. The molecular weight excluding hydrogens is 210 g/mol. The van der Waals surface area contributed by atoms with Crippen molar-refractivity contribution in [2.24, 2.45) is 0 Å². The maximum Gasteiger partial charge on any atom is 0.282 e. The van der Waals surface area contributed by atoms with Gasteiger partial charge in [-0.25, -0.2) is 5.48 Å². The van der Waals surface area contributed by atoms with Gasteiger partial charge in [-0.1, -0.05) is 6.07 Å². The Bertz CT molecular complexity index is 343. The second-order valence-electron chi connectivity index (χ2n) is 2.90. The highest BCUT2D eigenvalue weighted by atomic mass is 16.6. The fourth-order valence-corrected chi connectivity index (χ4v) is 1.26. The average Bonchev–Trinajstić information content (AvgIpc) is 2.34. The van der Waals surface area contributed by atoms with Crippen LogP contribution in [0, 0.1) is 0 Å². The van der Waals surface area contributed by atoms with Crippen molar-refractivity contribution >= 4 is 5.91 Å². The number of hydrogen-bond acceptors (Lipinski definition) is 4. The van der Waals surface area contributed by atoms with Crippen LogP contribution in [0.5, 0.6) is 11.5 Å². The highest BCUT2D eigenvalue weighted by Crippen LogP contribution is 2.27. The topological polar surface area (TPSA) is 56.8 Å². The van der Waals surface area contributed by atoms with E-state index in [4.69, 9.17) is 14.3 Å². The number of hydrogen-bond donors (Lipinski definition) is 1. The molecule has 0 saturated heterocycles. The van der Waals surface area contributed by atoms with Crippen molar-refractivity contribution in [2.75, 3.05) is 20.8 Å². The lowest BCUT2D eigenvalue weighted by molar-refractivity contribution is 0.0359. The van der Waals surface area contributed by atoms with Crippen LogP contribution in [0.25, 0.3) is 0 Å². The largest absolute Gasteiger partial charge is 0.496 e. The number of methoxy groups -OCH3 is 2. The zero-order valence-corrected chi connectivity index (χ0v) is 9.57. The quantitative estimate of drug-likeness (QED) is 0.769. The Labute approximate surface area is 94.3 Å². The van der Waals surface area contributed by atoms with Crippen LogP contribution in [0.2, 0.25) is 0 Å². The van der Waals surface area contributed by atoms with E-state index in [9.17, 15) is 4.79 Å². The van der Waals surface area contributed by atoms with Gasteiger partial charge < -0.3 is 9.47 Å². The molecule has 5 nitrogen and oxygen atoms in total. The predicted molar refractivity (Wildman–Crippen MR) is 58.6 cm³/mol. The van der Waals surface area contributed by atoms with E-state index < -0.39 is 5.91 Å². The monoisotopic (exact) mass is 225 g/mol. The molecule has 0 aromatic heterocycles. The Kier molecular flexibility index (Phi) is 4.60. The number of ether oxygens (including phenoxy) is 2. The Morgan fingerprint density at radius 3 is 2.25 bits per heavy atom. The summed E-state index contributed by atoms with van der Waals surface area (Å²) in [5.74, 6) is 0.490. The average molecular weight is 225 g/mol. The highest BCUT2D eigenvalue weighted by Gasteiger charge is 2.17. The van der Waals surface area contributed by atoms with Gasteiger partial charge in [0, 0.05) is 0 Å². The molecule has 0 bridgehead atoms. The lowest BCUT2D eigenvalue weighted by atomic mass is 10.1. The molecule has 0 saturated carbocycles. The number of carbonyl (C=O) groups is 1. The zero-order valence-electron chi connectivity index (χ0n) is 9.57. The van der Waals surface area contributed by atoms with E-state index >= 15 is 0 Å². The van der Waals surface area contributed by atoms with Gasteiger partial charge in [0.15, 0.2) is 0 Å². The van der Waals surface area contributed by atoms with Crippen molar-refractivity contribution in [2.45, 2.75) is 6.92 Å². The summed E-state index contributed by atoms with van der Waals surface area (Å²) in [7, 11) is 2.98. The summed E-state index contributed by atoms with van der Waals surface area (Å²) in [5, 5.41) is 0. The van der Waals surface area contributed by atoms with Crippen LogP contribution in [-0.4, -0.2) is 26.7 Å². The van der Waals surface area contributed by atoms with Gasteiger partial charge >= 0.3 is 0 Å². The molecule has 0 heterocycles. The van der Waals surface area contributed by atoms with E-state index in [0.29, 0.717) is 23.7 Å². The fraction of sp³-hybridized carbons (Fsp3) is 0.364. The molecule has 1 amide bonds. The van der Waals surface area contributed by atoms with E-state index in [-0.39, 0.29) is 0 Å². The van der Waals surface area contributed by atoms with E-state index in [2.05, 4.69) is 5.48 Å². The smallest absolute Gasteiger partial charge is 0.282 e. The van der Waals surface area contributed by atoms with Gasteiger partial charge in [-0.2, -0.15) is 0 Å². The summed E-state index contributed by atoms with van der Waals surface area (Å²) >= 11 is 0. The second kappa shape index (κ2) is 5.97. The maximum atomic E-state index is 11.8. The molecule has 0 fully saturated rings. The van der Waals surface area contributed by atoms with Crippen molar-refractivity contribution in [1.29, 1.82) is 0 Å². The minimum atomic E-state index is -0.392. The van der Waals surface area contributed by atoms with Crippen molar-refractivity contribution in [1.82, 2.24) is 5.48 Å². The van der Waals surface area contributed by atoms with Crippen LogP contribution < -0.4 is 15.0 Å². The van der Waals surface area contributed by atoms with Crippen LogP contribution in [0.3, 0.4) is 0 Å². The minimum Gasteiger partial charge on any atom is -0.496 e. The van der Waals surface area contributed by atoms with Gasteiger partial charge in [0.1, 0.15) is 17.1 Å². The molecule has 0 aliphatic carbocycles. The van der Waals surface area contributed by atoms with Crippen LogP contribution >= 0.6 is 0 Å². The summed E-state index contributed by atoms with van der Waals surface area (Å²) in [6.45, 7) is 2.17. The molecule has 1 aromatic rings. The van der Waals surface area contributed by atoms with Gasteiger partial charge in [0.05, 0.1) is 20.8 Å². The van der Waals surface area contributed by atoms with Gasteiger partial charge in [0.25, 0.3) is 5.91 Å². The molecule has 0 aliphatic heterocycles. The van der Waals surface area contributed by atoms with Gasteiger partial charge in [0.2, 0.25) is 0 Å². The predicted octanol–water partition coefficient (Wildman–Crippen LogP) is 1.39. The first kappa shape index (κ1) is 12.3. The summed E-state index contributed by atoms with van der Waals surface area (Å²) in [5.41, 5.74) is 2.62. The number of carbonyl (C=O) groups excluding carboxylic acids is 1. The molecule has 1 rings (SSSR count). The Hall–Kier alpha value is -1.75. The van der Waals surface area contributed by atoms with Gasteiger partial charge in [-0.15, -0.1) is 0 Å². The fourth-order valence-electron chi connectivity index (χ4n) is 1.26. The Morgan fingerprint density at radius 1 is 1.25 bits per heavy atom. The molecule has 0 unspecified atom stereocenters. The Balaban J connectivity index is 3.03. The standard InChI is InChI=1S/C11H15NO4/c1-4-16-12-11(13)10-8(14-2)6-5-7-9(10)15-3/h5-7H,4H2,1-3H3,(H,12,13). The first-order chi connectivity index (χ1) is 7.74. The van der Waals surface area contributed by atoms with E-state index in [1.165, 1.54) is 14.2 Å². The number of rotatable bonds is 5. The second-order valence-corrected chi connectivity index (χ2v) is 2.90. The van der Waals surface area contributed by atoms with E-state index in [1.807, 2.05) is 0 Å². The molecule has 16 heavy (non-hydrogen) atoms.